The first-order chi connectivity index (χ1) is 15.3. The summed E-state index contributed by atoms with van der Waals surface area (Å²) in [6.07, 6.45) is 2.32. The molecule has 2 aromatic carbocycles. The second kappa shape index (κ2) is 9.03. The number of thiazole rings is 1. The molecule has 1 amide bonds. The number of hydrogen-bond acceptors (Lipinski definition) is 6. The molecule has 1 N–H and O–H groups in total. The zero-order valence-electron chi connectivity index (χ0n) is 16.8. The molecule has 0 bridgehead atoms. The molecule has 6 nitrogen and oxygen atoms in total. The first kappa shape index (κ1) is 20.0. The molecule has 1 saturated carbocycles. The van der Waals surface area contributed by atoms with E-state index in [-0.39, 0.29) is 11.7 Å². The first-order valence-electron chi connectivity index (χ1n) is 10.2. The van der Waals surface area contributed by atoms with Gasteiger partial charge in [0, 0.05) is 16.9 Å². The first-order valence-corrected chi connectivity index (χ1v) is 12.0. The van der Waals surface area contributed by atoms with Crippen LogP contribution >= 0.6 is 23.1 Å². The number of carbonyl (C=O) groups is 1. The minimum atomic E-state index is -0.0961. The summed E-state index contributed by atoms with van der Waals surface area (Å²) in [5, 5.41) is 15.0. The molecule has 1 aliphatic carbocycles. The number of nitrogens with zero attached hydrogens (tertiary/aromatic N) is 4. The molecule has 31 heavy (non-hydrogen) atoms. The molecule has 0 spiro atoms. The maximum Gasteiger partial charge on any atom is 0.236 e. The molecule has 8 heteroatoms. The quantitative estimate of drug-likeness (QED) is 0.382. The van der Waals surface area contributed by atoms with E-state index in [9.17, 15) is 4.79 Å². The summed E-state index contributed by atoms with van der Waals surface area (Å²) in [6, 6.07) is 20.2. The average Bonchev–Trinajstić information content (AvgIpc) is 3.41. The number of hydrogen-bond donors (Lipinski definition) is 1. The summed E-state index contributed by atoms with van der Waals surface area (Å²) in [5.74, 6) is 1.68. The molecule has 156 valence electrons. The van der Waals surface area contributed by atoms with Crippen molar-refractivity contribution in [1.82, 2.24) is 19.7 Å². The molecule has 1 aliphatic rings. The standard InChI is InChI=1S/C23H21N5OS2/c29-20(25-22-24-19(14-30-22)17-9-5-2-6-10-17)15-31-23-27-26-21(18-11-12-18)28(23)13-16-7-3-1-4-8-16/h1-10,14,18H,11-13,15H2,(H,24,25,29). The predicted molar refractivity (Wildman–Crippen MR) is 124 cm³/mol. The maximum absolute atomic E-state index is 12.5. The van der Waals surface area contributed by atoms with Crippen molar-refractivity contribution < 1.29 is 4.79 Å². The lowest BCUT2D eigenvalue weighted by molar-refractivity contribution is -0.113. The Hall–Kier alpha value is -2.97. The highest BCUT2D eigenvalue weighted by molar-refractivity contribution is 7.99. The fourth-order valence-corrected chi connectivity index (χ4v) is 4.80. The lowest BCUT2D eigenvalue weighted by Crippen LogP contribution is -2.15. The fourth-order valence-electron chi connectivity index (χ4n) is 3.32. The van der Waals surface area contributed by atoms with Gasteiger partial charge < -0.3 is 9.88 Å². The fraction of sp³-hybridized carbons (Fsp3) is 0.217. The van der Waals surface area contributed by atoms with Crippen LogP contribution in [0.1, 0.15) is 30.1 Å². The van der Waals surface area contributed by atoms with Crippen molar-refractivity contribution in [1.29, 1.82) is 0 Å². The lowest BCUT2D eigenvalue weighted by Gasteiger charge is -2.10. The summed E-state index contributed by atoms with van der Waals surface area (Å²) >= 11 is 2.85. The highest BCUT2D eigenvalue weighted by Crippen LogP contribution is 2.40. The van der Waals surface area contributed by atoms with Crippen molar-refractivity contribution in [2.75, 3.05) is 11.1 Å². The van der Waals surface area contributed by atoms with Gasteiger partial charge in [-0.1, -0.05) is 72.4 Å². The molecule has 0 saturated heterocycles. The van der Waals surface area contributed by atoms with Crippen molar-refractivity contribution in [3.05, 3.63) is 77.4 Å². The Morgan fingerprint density at radius 1 is 1.06 bits per heavy atom. The van der Waals surface area contributed by atoms with E-state index in [2.05, 4.69) is 37.2 Å². The van der Waals surface area contributed by atoms with Crippen molar-refractivity contribution in [3.63, 3.8) is 0 Å². The number of amides is 1. The van der Waals surface area contributed by atoms with Crippen LogP contribution in [0, 0.1) is 0 Å². The summed E-state index contributed by atoms with van der Waals surface area (Å²) in [4.78, 5) is 17.1. The maximum atomic E-state index is 12.5. The van der Waals surface area contributed by atoms with E-state index in [4.69, 9.17) is 0 Å². The average molecular weight is 448 g/mol. The van der Waals surface area contributed by atoms with Crippen molar-refractivity contribution in [2.45, 2.75) is 30.5 Å². The number of nitrogens with one attached hydrogen (secondary N) is 1. The molecular weight excluding hydrogens is 426 g/mol. The zero-order valence-corrected chi connectivity index (χ0v) is 18.4. The number of aromatic nitrogens is 4. The van der Waals surface area contributed by atoms with Crippen molar-refractivity contribution in [2.24, 2.45) is 0 Å². The molecule has 2 aromatic heterocycles. The Morgan fingerprint density at radius 3 is 2.55 bits per heavy atom. The molecular formula is C23H21N5OS2. The number of rotatable bonds is 8. The Morgan fingerprint density at radius 2 is 1.81 bits per heavy atom. The predicted octanol–water partition coefficient (Wildman–Crippen LogP) is 5.06. The van der Waals surface area contributed by atoms with Crippen LogP contribution < -0.4 is 5.32 Å². The number of anilines is 1. The second-order valence-corrected chi connectivity index (χ2v) is 9.23. The van der Waals surface area contributed by atoms with Gasteiger partial charge in [0.25, 0.3) is 0 Å². The zero-order chi connectivity index (χ0) is 21.0. The Bertz CT molecular complexity index is 1170. The number of thioether (sulfide) groups is 1. The highest BCUT2D eigenvalue weighted by atomic mass is 32.2. The van der Waals surface area contributed by atoms with Gasteiger partial charge in [0.15, 0.2) is 10.3 Å². The normalized spacial score (nSPS) is 13.3. The van der Waals surface area contributed by atoms with E-state index in [1.165, 1.54) is 28.7 Å². The van der Waals surface area contributed by atoms with Gasteiger partial charge in [0.05, 0.1) is 18.0 Å². The minimum Gasteiger partial charge on any atom is -0.301 e. The Labute approximate surface area is 188 Å². The Kier molecular flexibility index (Phi) is 5.82. The summed E-state index contributed by atoms with van der Waals surface area (Å²) in [6.45, 7) is 0.719. The van der Waals surface area contributed by atoms with Crippen LogP contribution in [-0.2, 0) is 11.3 Å². The highest BCUT2D eigenvalue weighted by Gasteiger charge is 2.30. The molecule has 0 unspecified atom stereocenters. The van der Waals surface area contributed by atoms with Crippen LogP contribution in [0.25, 0.3) is 11.3 Å². The monoisotopic (exact) mass is 447 g/mol. The van der Waals surface area contributed by atoms with Gasteiger partial charge in [-0.25, -0.2) is 4.98 Å². The molecule has 1 fully saturated rings. The van der Waals surface area contributed by atoms with Crippen LogP contribution in [-0.4, -0.2) is 31.4 Å². The Balaban J connectivity index is 1.24. The van der Waals surface area contributed by atoms with Crippen LogP contribution in [0.2, 0.25) is 0 Å². The third-order valence-electron chi connectivity index (χ3n) is 5.02. The third kappa shape index (κ3) is 4.86. The van der Waals surface area contributed by atoms with Crippen molar-refractivity contribution >= 4 is 34.1 Å². The molecule has 0 radical (unpaired) electrons. The molecule has 0 atom stereocenters. The summed E-state index contributed by atoms with van der Waals surface area (Å²) < 4.78 is 2.15. The van der Waals surface area contributed by atoms with Crippen molar-refractivity contribution in [3.8, 4) is 11.3 Å². The second-order valence-electron chi connectivity index (χ2n) is 7.43. The van der Waals surface area contributed by atoms with Crippen LogP contribution in [0.4, 0.5) is 5.13 Å². The smallest absolute Gasteiger partial charge is 0.236 e. The summed E-state index contributed by atoms with van der Waals surface area (Å²) in [5.41, 5.74) is 3.10. The van der Waals surface area contributed by atoms with E-state index in [1.54, 1.807) is 0 Å². The lowest BCUT2D eigenvalue weighted by atomic mass is 10.2. The van der Waals surface area contributed by atoms with Gasteiger partial charge in [0.1, 0.15) is 5.82 Å². The van der Waals surface area contributed by atoms with Crippen LogP contribution in [0.3, 0.4) is 0 Å². The van der Waals surface area contributed by atoms with Gasteiger partial charge in [-0.05, 0) is 18.4 Å². The van der Waals surface area contributed by atoms with Crippen LogP contribution in [0.5, 0.6) is 0 Å². The van der Waals surface area contributed by atoms with E-state index in [0.717, 1.165) is 41.6 Å². The van der Waals surface area contributed by atoms with E-state index in [0.29, 0.717) is 11.0 Å². The summed E-state index contributed by atoms with van der Waals surface area (Å²) in [7, 11) is 0. The van der Waals surface area contributed by atoms with Gasteiger partial charge in [-0.3, -0.25) is 4.79 Å². The SMILES string of the molecule is O=C(CSc1nnc(C2CC2)n1Cc1ccccc1)Nc1nc(-c2ccccc2)cs1. The van der Waals surface area contributed by atoms with Gasteiger partial charge in [0.2, 0.25) is 5.91 Å². The molecule has 4 aromatic rings. The van der Waals surface area contributed by atoms with E-state index in [1.807, 2.05) is 53.9 Å². The van der Waals surface area contributed by atoms with Gasteiger partial charge in [-0.2, -0.15) is 0 Å². The molecule has 0 aliphatic heterocycles. The minimum absolute atomic E-state index is 0.0961. The topological polar surface area (TPSA) is 72.7 Å². The van der Waals surface area contributed by atoms with Crippen LogP contribution in [0.15, 0.2) is 71.2 Å². The molecule has 5 rings (SSSR count). The van der Waals surface area contributed by atoms with Gasteiger partial charge in [-0.15, -0.1) is 21.5 Å². The molecule has 2 heterocycles. The third-order valence-corrected chi connectivity index (χ3v) is 6.75. The van der Waals surface area contributed by atoms with E-state index >= 15 is 0 Å². The number of carbonyl (C=O) groups excluding carboxylic acids is 1. The van der Waals surface area contributed by atoms with Gasteiger partial charge >= 0.3 is 0 Å². The van der Waals surface area contributed by atoms with E-state index < -0.39 is 0 Å². The number of benzene rings is 2. The largest absolute Gasteiger partial charge is 0.301 e.